The minimum Gasteiger partial charge on any atom is -0.469 e. The molecule has 7 heteroatoms. The lowest BCUT2D eigenvalue weighted by molar-refractivity contribution is -0.391. The predicted molar refractivity (Wildman–Crippen MR) is 69.3 cm³/mol. The first kappa shape index (κ1) is 12.8. The Morgan fingerprint density at radius 1 is 1.56 bits per heavy atom. The number of fused-ring (bicyclic) bond motifs is 1. The van der Waals surface area contributed by atoms with Crippen LogP contribution in [0.2, 0.25) is 0 Å². The second kappa shape index (κ2) is 4.93. The summed E-state index contributed by atoms with van der Waals surface area (Å²) in [4.78, 5) is 15.3. The molecule has 0 saturated carbocycles. The van der Waals surface area contributed by atoms with Crippen molar-refractivity contribution in [1.29, 1.82) is 0 Å². The van der Waals surface area contributed by atoms with Crippen molar-refractivity contribution in [3.63, 3.8) is 0 Å². The van der Waals surface area contributed by atoms with Gasteiger partial charge in [0.2, 0.25) is 0 Å². The number of aromatic nitrogens is 2. The highest BCUT2D eigenvalue weighted by Gasteiger charge is 2.26. The van der Waals surface area contributed by atoms with E-state index >= 15 is 0 Å². The van der Waals surface area contributed by atoms with Crippen LogP contribution in [0.3, 0.4) is 0 Å². The largest absolute Gasteiger partial charge is 0.469 e. The Hall–Kier alpha value is -1.63. The maximum absolute atomic E-state index is 11.1. The third kappa shape index (κ3) is 2.45. The monoisotopic (exact) mass is 269 g/mol. The Labute approximate surface area is 108 Å². The lowest BCUT2D eigenvalue weighted by Crippen LogP contribution is -2.15. The molecule has 2 aromatic rings. The van der Waals surface area contributed by atoms with E-state index in [-0.39, 0.29) is 17.8 Å². The van der Waals surface area contributed by atoms with Gasteiger partial charge in [-0.25, -0.2) is 0 Å². The van der Waals surface area contributed by atoms with Crippen LogP contribution in [0.5, 0.6) is 5.88 Å². The van der Waals surface area contributed by atoms with Gasteiger partial charge in [-0.1, -0.05) is 25.2 Å². The van der Waals surface area contributed by atoms with Crippen LogP contribution >= 0.6 is 11.3 Å². The number of hydrogen-bond acceptors (Lipinski definition) is 5. The lowest BCUT2D eigenvalue weighted by Gasteiger charge is -2.14. The number of rotatable bonds is 5. The van der Waals surface area contributed by atoms with E-state index in [0.29, 0.717) is 10.9 Å². The van der Waals surface area contributed by atoms with E-state index in [1.807, 2.05) is 6.92 Å². The Kier molecular flexibility index (Phi) is 3.51. The molecule has 2 rings (SSSR count). The molecule has 0 fully saturated rings. The van der Waals surface area contributed by atoms with E-state index in [2.05, 4.69) is 18.8 Å². The summed E-state index contributed by atoms with van der Waals surface area (Å²) in [6.07, 6.45) is 2.38. The van der Waals surface area contributed by atoms with Crippen LogP contribution in [-0.2, 0) is 0 Å². The van der Waals surface area contributed by atoms with E-state index in [9.17, 15) is 10.1 Å². The van der Waals surface area contributed by atoms with Crippen LogP contribution in [0, 0.1) is 16.0 Å². The molecule has 0 aromatic carbocycles. The Morgan fingerprint density at radius 3 is 2.89 bits per heavy atom. The fourth-order valence-corrected chi connectivity index (χ4v) is 2.60. The SMILES string of the molecule is CC(C)CC(C)Oc1nc2sccn2c1[N+](=O)[O-]. The van der Waals surface area contributed by atoms with E-state index in [1.165, 1.54) is 15.7 Å². The molecule has 1 atom stereocenters. The summed E-state index contributed by atoms with van der Waals surface area (Å²) in [7, 11) is 0. The Bertz CT molecular complexity index is 561. The summed E-state index contributed by atoms with van der Waals surface area (Å²) >= 11 is 1.35. The van der Waals surface area contributed by atoms with Crippen LogP contribution < -0.4 is 4.74 Å². The van der Waals surface area contributed by atoms with Crippen LogP contribution in [0.1, 0.15) is 27.2 Å². The number of ether oxygens (including phenoxy) is 1. The van der Waals surface area contributed by atoms with Gasteiger partial charge in [-0.15, -0.1) is 0 Å². The fraction of sp³-hybridized carbons (Fsp3) is 0.545. The summed E-state index contributed by atoms with van der Waals surface area (Å²) in [5.41, 5.74) is 0. The van der Waals surface area contributed by atoms with Gasteiger partial charge >= 0.3 is 11.7 Å². The number of thiazole rings is 1. The van der Waals surface area contributed by atoms with E-state index in [4.69, 9.17) is 4.74 Å². The van der Waals surface area contributed by atoms with Crippen molar-refractivity contribution >= 4 is 22.1 Å². The first-order chi connectivity index (χ1) is 8.49. The molecule has 0 aliphatic heterocycles. The third-order valence-corrected chi connectivity index (χ3v) is 3.25. The molecular formula is C11H15N3O3S. The second-order valence-electron chi connectivity index (χ2n) is 4.61. The standard InChI is InChI=1S/C11H15N3O3S/c1-7(2)6-8(3)17-9-10(14(15)16)13-4-5-18-11(13)12-9/h4-5,7-8H,6H2,1-3H3. The van der Waals surface area contributed by atoms with Gasteiger partial charge in [-0.2, -0.15) is 9.38 Å². The average Bonchev–Trinajstić information content (AvgIpc) is 2.74. The van der Waals surface area contributed by atoms with Crippen molar-refractivity contribution in [2.24, 2.45) is 5.92 Å². The molecule has 0 spiro atoms. The van der Waals surface area contributed by atoms with Crippen LogP contribution in [0.25, 0.3) is 4.96 Å². The molecule has 0 N–H and O–H groups in total. The minimum absolute atomic E-state index is 0.0895. The zero-order chi connectivity index (χ0) is 13.3. The number of hydrogen-bond donors (Lipinski definition) is 0. The lowest BCUT2D eigenvalue weighted by atomic mass is 10.1. The van der Waals surface area contributed by atoms with E-state index in [0.717, 1.165) is 6.42 Å². The highest BCUT2D eigenvalue weighted by atomic mass is 32.1. The van der Waals surface area contributed by atoms with Crippen molar-refractivity contribution < 1.29 is 9.66 Å². The van der Waals surface area contributed by atoms with Gasteiger partial charge in [0, 0.05) is 5.38 Å². The van der Waals surface area contributed by atoms with Crippen molar-refractivity contribution in [3.05, 3.63) is 21.7 Å². The minimum atomic E-state index is -0.454. The van der Waals surface area contributed by atoms with Crippen molar-refractivity contribution in [2.75, 3.05) is 0 Å². The number of nitrogens with zero attached hydrogens (tertiary/aromatic N) is 3. The average molecular weight is 269 g/mol. The van der Waals surface area contributed by atoms with Crippen molar-refractivity contribution in [3.8, 4) is 5.88 Å². The zero-order valence-electron chi connectivity index (χ0n) is 10.5. The summed E-state index contributed by atoms with van der Waals surface area (Å²) < 4.78 is 7.04. The number of imidazole rings is 1. The maximum Gasteiger partial charge on any atom is 0.393 e. The molecule has 6 nitrogen and oxygen atoms in total. The molecule has 0 amide bonds. The third-order valence-electron chi connectivity index (χ3n) is 2.50. The summed E-state index contributed by atoms with van der Waals surface area (Å²) in [5.74, 6) is 0.490. The predicted octanol–water partition coefficient (Wildman–Crippen LogP) is 3.12. The van der Waals surface area contributed by atoms with Gasteiger partial charge in [0.05, 0.1) is 6.10 Å². The molecule has 2 aromatic heterocycles. The molecular weight excluding hydrogens is 254 g/mol. The molecule has 2 heterocycles. The highest BCUT2D eigenvalue weighted by Crippen LogP contribution is 2.31. The normalized spacial score (nSPS) is 13.1. The van der Waals surface area contributed by atoms with Gasteiger partial charge < -0.3 is 14.9 Å². The molecule has 0 saturated heterocycles. The van der Waals surface area contributed by atoms with Crippen molar-refractivity contribution in [1.82, 2.24) is 9.38 Å². The van der Waals surface area contributed by atoms with Crippen LogP contribution in [0.4, 0.5) is 5.82 Å². The van der Waals surface area contributed by atoms with Gasteiger partial charge in [-0.3, -0.25) is 0 Å². The van der Waals surface area contributed by atoms with E-state index < -0.39 is 4.92 Å². The molecule has 98 valence electrons. The van der Waals surface area contributed by atoms with Gasteiger partial charge in [0.25, 0.3) is 4.96 Å². The molecule has 1 unspecified atom stereocenters. The van der Waals surface area contributed by atoms with Crippen LogP contribution in [-0.4, -0.2) is 20.4 Å². The first-order valence-electron chi connectivity index (χ1n) is 5.75. The second-order valence-corrected chi connectivity index (χ2v) is 5.48. The molecule has 18 heavy (non-hydrogen) atoms. The Morgan fingerprint density at radius 2 is 2.28 bits per heavy atom. The topological polar surface area (TPSA) is 69.7 Å². The molecule has 0 bridgehead atoms. The van der Waals surface area contributed by atoms with Crippen molar-refractivity contribution in [2.45, 2.75) is 33.3 Å². The summed E-state index contributed by atoms with van der Waals surface area (Å²) in [5, 5.41) is 12.8. The zero-order valence-corrected chi connectivity index (χ0v) is 11.3. The van der Waals surface area contributed by atoms with Gasteiger partial charge in [-0.05, 0) is 24.2 Å². The van der Waals surface area contributed by atoms with Crippen LogP contribution in [0.15, 0.2) is 11.6 Å². The smallest absolute Gasteiger partial charge is 0.393 e. The van der Waals surface area contributed by atoms with E-state index in [1.54, 1.807) is 11.6 Å². The molecule has 0 aliphatic carbocycles. The molecule has 0 aliphatic rings. The maximum atomic E-state index is 11.1. The number of nitro groups is 1. The van der Waals surface area contributed by atoms with Gasteiger partial charge in [0.1, 0.15) is 6.20 Å². The Balaban J connectivity index is 2.29. The highest BCUT2D eigenvalue weighted by molar-refractivity contribution is 7.15. The first-order valence-corrected chi connectivity index (χ1v) is 6.63. The molecule has 0 radical (unpaired) electrons. The summed E-state index contributed by atoms with van der Waals surface area (Å²) in [6, 6.07) is 0. The van der Waals surface area contributed by atoms with Gasteiger partial charge in [0.15, 0.2) is 0 Å². The quantitative estimate of drug-likeness (QED) is 0.617. The summed E-state index contributed by atoms with van der Waals surface area (Å²) in [6.45, 7) is 6.07. The fourth-order valence-electron chi connectivity index (χ4n) is 1.90.